The molecule has 0 radical (unpaired) electrons. The third kappa shape index (κ3) is 1.88. The molecule has 0 aliphatic carbocycles. The van der Waals surface area contributed by atoms with Gasteiger partial charge in [0, 0.05) is 4.43 Å². The van der Waals surface area contributed by atoms with E-state index in [0.29, 0.717) is 0 Å². The summed E-state index contributed by atoms with van der Waals surface area (Å²) in [5.74, 6) is 0. The molecule has 0 aromatic heterocycles. The second-order valence-electron chi connectivity index (χ2n) is 5.94. The van der Waals surface area contributed by atoms with Crippen LogP contribution in [0.5, 0.6) is 0 Å². The molecule has 0 unspecified atom stereocenters. The van der Waals surface area contributed by atoms with Gasteiger partial charge in [0.2, 0.25) is 0 Å². The van der Waals surface area contributed by atoms with Crippen LogP contribution in [0, 0.1) is 13.8 Å². The summed E-state index contributed by atoms with van der Waals surface area (Å²) in [6, 6.07) is 20.0. The molecule has 0 aliphatic rings. The Morgan fingerprint density at radius 3 is 2.27 bits per heavy atom. The Morgan fingerprint density at radius 2 is 1.50 bits per heavy atom. The second kappa shape index (κ2) is 5.24. The summed E-state index contributed by atoms with van der Waals surface area (Å²) in [7, 11) is 0. The van der Waals surface area contributed by atoms with Gasteiger partial charge in [-0.05, 0) is 62.9 Å². The minimum Gasteiger partial charge on any atom is -0.0811 e. The smallest absolute Gasteiger partial charge is 0.0259 e. The summed E-state index contributed by atoms with van der Waals surface area (Å²) in [5.41, 5.74) is 4.22. The number of benzene rings is 4. The third-order valence-corrected chi connectivity index (χ3v) is 5.51. The summed E-state index contributed by atoms with van der Waals surface area (Å²) in [6.45, 7) is 4.49. The van der Waals surface area contributed by atoms with Crippen molar-refractivity contribution in [1.82, 2.24) is 0 Å². The van der Waals surface area contributed by atoms with Gasteiger partial charge in [-0.3, -0.25) is 0 Å². The van der Waals surface area contributed by atoms with E-state index in [-0.39, 0.29) is 0 Å². The maximum Gasteiger partial charge on any atom is 0.0259 e. The summed E-state index contributed by atoms with van der Waals surface area (Å²) in [6.07, 6.45) is 0. The van der Waals surface area contributed by atoms with E-state index in [0.717, 1.165) is 4.43 Å². The lowest BCUT2D eigenvalue weighted by Crippen LogP contribution is -1.92. The number of aryl methyl sites for hydroxylation is 2. The molecule has 4 rings (SSSR count). The van der Waals surface area contributed by atoms with Crippen molar-refractivity contribution in [3.8, 4) is 0 Å². The maximum absolute atomic E-state index is 2.49. The molecule has 1 heteroatoms. The van der Waals surface area contributed by atoms with Crippen LogP contribution in [-0.4, -0.2) is 0 Å². The predicted octanol–water partition coefficient (Wildman–Crippen LogP) is 6.70. The molecule has 0 heterocycles. The molecule has 0 N–H and O–H groups in total. The molecule has 4 aromatic rings. The van der Waals surface area contributed by atoms with Gasteiger partial charge < -0.3 is 0 Å². The Morgan fingerprint density at radius 1 is 0.727 bits per heavy atom. The maximum atomic E-state index is 2.49. The highest BCUT2D eigenvalue weighted by Gasteiger charge is 2.13. The van der Waals surface area contributed by atoms with Crippen LogP contribution in [-0.2, 0) is 4.43 Å². The fourth-order valence-corrected chi connectivity index (χ4v) is 4.52. The zero-order valence-electron chi connectivity index (χ0n) is 12.8. The Bertz CT molecular complexity index is 1030. The highest BCUT2D eigenvalue weighted by molar-refractivity contribution is 14.1. The number of rotatable bonds is 1. The lowest BCUT2D eigenvalue weighted by molar-refractivity contribution is 1.50. The van der Waals surface area contributed by atoms with Gasteiger partial charge in [0.15, 0.2) is 0 Å². The number of fused-ring (bicyclic) bond motifs is 4. The minimum atomic E-state index is 1.03. The van der Waals surface area contributed by atoms with Crippen LogP contribution < -0.4 is 0 Å². The first-order chi connectivity index (χ1) is 10.7. The second-order valence-corrected chi connectivity index (χ2v) is 6.71. The first-order valence-electron chi connectivity index (χ1n) is 7.60. The molecule has 0 bridgehead atoms. The molecule has 0 amide bonds. The van der Waals surface area contributed by atoms with Crippen LogP contribution in [0.2, 0.25) is 0 Å². The molecular weight excluding hydrogens is 379 g/mol. The van der Waals surface area contributed by atoms with Gasteiger partial charge in [0.25, 0.3) is 0 Å². The minimum absolute atomic E-state index is 1.03. The average molecular weight is 396 g/mol. The van der Waals surface area contributed by atoms with E-state index in [1.165, 1.54) is 49.0 Å². The van der Waals surface area contributed by atoms with Gasteiger partial charge in [0.05, 0.1) is 0 Å². The Kier molecular flexibility index (Phi) is 3.33. The molecule has 0 fully saturated rings. The van der Waals surface area contributed by atoms with E-state index < -0.39 is 0 Å². The third-order valence-electron chi connectivity index (χ3n) is 4.74. The molecule has 0 nitrogen and oxygen atoms in total. The monoisotopic (exact) mass is 396 g/mol. The fraction of sp³-hybridized carbons (Fsp3) is 0.143. The van der Waals surface area contributed by atoms with Crippen LogP contribution >= 0.6 is 22.6 Å². The van der Waals surface area contributed by atoms with E-state index in [2.05, 4.69) is 91.0 Å². The Balaban J connectivity index is 2.39. The van der Waals surface area contributed by atoms with Gasteiger partial charge >= 0.3 is 0 Å². The van der Waals surface area contributed by atoms with E-state index >= 15 is 0 Å². The van der Waals surface area contributed by atoms with E-state index in [4.69, 9.17) is 0 Å². The number of hydrogen-bond acceptors (Lipinski definition) is 0. The SMILES string of the molecule is Cc1cccc2ccc3c(CI)c4ccccc4c(C)c3c12. The summed E-state index contributed by atoms with van der Waals surface area (Å²) in [5, 5.41) is 8.38. The highest BCUT2D eigenvalue weighted by Crippen LogP contribution is 2.38. The molecule has 0 aliphatic heterocycles. The van der Waals surface area contributed by atoms with Crippen molar-refractivity contribution >= 4 is 54.9 Å². The first-order valence-corrected chi connectivity index (χ1v) is 9.13. The zero-order valence-corrected chi connectivity index (χ0v) is 14.9. The summed E-state index contributed by atoms with van der Waals surface area (Å²) >= 11 is 2.49. The summed E-state index contributed by atoms with van der Waals surface area (Å²) in [4.78, 5) is 0. The molecule has 4 aromatic carbocycles. The van der Waals surface area contributed by atoms with Crippen LogP contribution in [0.15, 0.2) is 54.6 Å². The molecule has 0 spiro atoms. The first kappa shape index (κ1) is 14.0. The van der Waals surface area contributed by atoms with Gasteiger partial charge in [-0.2, -0.15) is 0 Å². The molecule has 108 valence electrons. The van der Waals surface area contributed by atoms with Crippen molar-refractivity contribution in [3.63, 3.8) is 0 Å². The lowest BCUT2D eigenvalue weighted by Gasteiger charge is -2.16. The molecule has 0 saturated carbocycles. The molecule has 0 atom stereocenters. The van der Waals surface area contributed by atoms with Gasteiger partial charge in [-0.1, -0.05) is 77.2 Å². The van der Waals surface area contributed by atoms with Crippen molar-refractivity contribution in [2.24, 2.45) is 0 Å². The van der Waals surface area contributed by atoms with Gasteiger partial charge in [-0.15, -0.1) is 0 Å². The predicted molar refractivity (Wildman–Crippen MR) is 106 cm³/mol. The molecule has 0 saturated heterocycles. The van der Waals surface area contributed by atoms with Crippen molar-refractivity contribution in [1.29, 1.82) is 0 Å². The Hall–Kier alpha value is -1.61. The quantitative estimate of drug-likeness (QED) is 0.145. The van der Waals surface area contributed by atoms with Crippen molar-refractivity contribution in [3.05, 3.63) is 71.3 Å². The zero-order chi connectivity index (χ0) is 15.3. The van der Waals surface area contributed by atoms with Crippen LogP contribution in [0.3, 0.4) is 0 Å². The highest BCUT2D eigenvalue weighted by atomic mass is 127. The van der Waals surface area contributed by atoms with E-state index in [1.54, 1.807) is 0 Å². The average Bonchev–Trinajstić information content (AvgIpc) is 2.55. The summed E-state index contributed by atoms with van der Waals surface area (Å²) < 4.78 is 1.03. The number of alkyl halides is 1. The van der Waals surface area contributed by atoms with Crippen LogP contribution in [0.4, 0.5) is 0 Å². The topological polar surface area (TPSA) is 0 Å². The van der Waals surface area contributed by atoms with E-state index in [9.17, 15) is 0 Å². The molecular formula is C21H17I. The standard InChI is InChI=1S/C21H17I/c1-13-6-5-7-15-10-11-18-19(12-22)17-9-4-3-8-16(17)14(2)21(18)20(13)15/h3-11H,12H2,1-2H3. The van der Waals surface area contributed by atoms with E-state index in [1.807, 2.05) is 0 Å². The van der Waals surface area contributed by atoms with Crippen molar-refractivity contribution < 1.29 is 0 Å². The number of halogens is 1. The van der Waals surface area contributed by atoms with Crippen LogP contribution in [0.1, 0.15) is 16.7 Å². The largest absolute Gasteiger partial charge is 0.0811 e. The lowest BCUT2D eigenvalue weighted by atomic mass is 9.89. The molecule has 22 heavy (non-hydrogen) atoms. The number of hydrogen-bond donors (Lipinski definition) is 0. The fourth-order valence-electron chi connectivity index (χ4n) is 3.70. The van der Waals surface area contributed by atoms with Crippen LogP contribution in [0.25, 0.3) is 32.3 Å². The van der Waals surface area contributed by atoms with Crippen molar-refractivity contribution in [2.45, 2.75) is 18.3 Å². The Labute approximate surface area is 144 Å². The van der Waals surface area contributed by atoms with Crippen molar-refractivity contribution in [2.75, 3.05) is 0 Å². The van der Waals surface area contributed by atoms with Gasteiger partial charge in [-0.25, -0.2) is 0 Å². The normalized spacial score (nSPS) is 11.6. The van der Waals surface area contributed by atoms with Gasteiger partial charge in [0.1, 0.15) is 0 Å².